The Morgan fingerprint density at radius 2 is 1.40 bits per heavy atom. The van der Waals surface area contributed by atoms with E-state index in [1.165, 1.54) is 17.0 Å². The molecule has 4 nitrogen and oxygen atoms in total. The summed E-state index contributed by atoms with van der Waals surface area (Å²) < 4.78 is 18.8. The van der Waals surface area contributed by atoms with Crippen LogP contribution in [0.1, 0.15) is 46.4 Å². The highest BCUT2D eigenvalue weighted by Crippen LogP contribution is 2.32. The summed E-state index contributed by atoms with van der Waals surface area (Å²) in [5.41, 5.74) is 0.995. The van der Waals surface area contributed by atoms with E-state index in [4.69, 9.17) is 4.74 Å². The molecule has 1 saturated carbocycles. The van der Waals surface area contributed by atoms with E-state index in [0.717, 1.165) is 25.7 Å². The van der Waals surface area contributed by atoms with Gasteiger partial charge in [0.1, 0.15) is 11.6 Å². The molecule has 2 amide bonds. The molecule has 0 N–H and O–H groups in total. The minimum absolute atomic E-state index is 0.0249. The van der Waals surface area contributed by atoms with Crippen LogP contribution in [0.4, 0.5) is 4.39 Å². The number of fused-ring (bicyclic) bond motifs is 1. The maximum absolute atomic E-state index is 13.0. The number of hydrogen-bond donors (Lipinski definition) is 0. The van der Waals surface area contributed by atoms with E-state index in [9.17, 15) is 14.0 Å². The summed E-state index contributed by atoms with van der Waals surface area (Å²) in [7, 11) is 0. The lowest BCUT2D eigenvalue weighted by Gasteiger charge is -2.33. The molecule has 0 saturated heterocycles. The lowest BCUT2D eigenvalue weighted by molar-refractivity contribution is 0.0478. The van der Waals surface area contributed by atoms with E-state index >= 15 is 0 Å². The average Bonchev–Trinajstić information content (AvgIpc) is 2.89. The first kappa shape index (κ1) is 15.8. The van der Waals surface area contributed by atoms with Crippen LogP contribution in [0, 0.1) is 5.82 Å². The lowest BCUT2D eigenvalue weighted by Crippen LogP contribution is -2.43. The van der Waals surface area contributed by atoms with Gasteiger partial charge in [0.25, 0.3) is 11.8 Å². The standard InChI is InChI=1S/C20H18FNO3/c21-13-5-9-15(10-6-13)25-16-11-7-14(8-12-16)22-19(23)17-3-1-2-4-18(17)20(22)24/h1-6,9-10,14,16H,7-8,11-12H2. The molecular formula is C20H18FNO3. The number of carbonyl (C=O) groups excluding carboxylic acids is 2. The molecule has 2 aromatic rings. The minimum atomic E-state index is -0.290. The highest BCUT2D eigenvalue weighted by Gasteiger charge is 2.41. The maximum Gasteiger partial charge on any atom is 0.261 e. The van der Waals surface area contributed by atoms with Gasteiger partial charge >= 0.3 is 0 Å². The molecule has 1 heterocycles. The summed E-state index contributed by atoms with van der Waals surface area (Å²) in [5.74, 6) is -0.0285. The highest BCUT2D eigenvalue weighted by atomic mass is 19.1. The van der Waals surface area contributed by atoms with Gasteiger partial charge in [-0.1, -0.05) is 12.1 Å². The minimum Gasteiger partial charge on any atom is -0.490 e. The largest absolute Gasteiger partial charge is 0.490 e. The predicted octanol–water partition coefficient (Wildman–Crippen LogP) is 3.81. The van der Waals surface area contributed by atoms with Crippen molar-refractivity contribution >= 4 is 11.8 Å². The van der Waals surface area contributed by atoms with Gasteiger partial charge in [-0.25, -0.2) is 4.39 Å². The quantitative estimate of drug-likeness (QED) is 0.799. The van der Waals surface area contributed by atoms with Gasteiger partial charge in [0.05, 0.1) is 17.2 Å². The first-order chi connectivity index (χ1) is 12.1. The van der Waals surface area contributed by atoms with Crippen LogP contribution in [0.5, 0.6) is 5.75 Å². The Morgan fingerprint density at radius 3 is 1.96 bits per heavy atom. The van der Waals surface area contributed by atoms with Gasteiger partial charge in [0.2, 0.25) is 0 Å². The van der Waals surface area contributed by atoms with Crippen LogP contribution in [0.3, 0.4) is 0 Å². The number of hydrogen-bond acceptors (Lipinski definition) is 3. The highest BCUT2D eigenvalue weighted by molar-refractivity contribution is 6.21. The van der Waals surface area contributed by atoms with E-state index in [-0.39, 0.29) is 29.8 Å². The van der Waals surface area contributed by atoms with Crippen molar-refractivity contribution in [2.24, 2.45) is 0 Å². The number of amides is 2. The summed E-state index contributed by atoms with van der Waals surface area (Å²) in [6.45, 7) is 0. The molecule has 2 aromatic carbocycles. The third-order valence-corrected chi connectivity index (χ3v) is 4.95. The molecule has 0 unspecified atom stereocenters. The molecule has 1 aliphatic carbocycles. The molecule has 2 aliphatic rings. The third-order valence-electron chi connectivity index (χ3n) is 4.95. The van der Waals surface area contributed by atoms with Crippen molar-refractivity contribution in [1.82, 2.24) is 4.90 Å². The third kappa shape index (κ3) is 2.90. The zero-order valence-electron chi connectivity index (χ0n) is 13.7. The Labute approximate surface area is 145 Å². The normalized spacial score (nSPS) is 22.8. The molecule has 128 valence electrons. The van der Waals surface area contributed by atoms with Gasteiger partial charge < -0.3 is 4.74 Å². The Hall–Kier alpha value is -2.69. The first-order valence-corrected chi connectivity index (χ1v) is 8.52. The molecule has 4 rings (SSSR count). The van der Waals surface area contributed by atoms with E-state index in [0.29, 0.717) is 16.9 Å². The van der Waals surface area contributed by atoms with Gasteiger partial charge in [-0.3, -0.25) is 14.5 Å². The van der Waals surface area contributed by atoms with E-state index in [1.807, 2.05) is 0 Å². The average molecular weight is 339 g/mol. The number of halogens is 1. The van der Waals surface area contributed by atoms with Crippen molar-refractivity contribution in [3.05, 3.63) is 65.5 Å². The first-order valence-electron chi connectivity index (χ1n) is 8.52. The second-order valence-electron chi connectivity index (χ2n) is 6.53. The Kier molecular flexibility index (Phi) is 3.99. The molecule has 5 heteroatoms. The summed E-state index contributed by atoms with van der Waals surface area (Å²) in [5, 5.41) is 0. The van der Waals surface area contributed by atoms with Crippen LogP contribution in [0.15, 0.2) is 48.5 Å². The van der Waals surface area contributed by atoms with Gasteiger partial charge in [0.15, 0.2) is 0 Å². The maximum atomic E-state index is 13.0. The number of ether oxygens (including phenoxy) is 1. The fourth-order valence-electron chi connectivity index (χ4n) is 3.67. The fraction of sp³-hybridized carbons (Fsp3) is 0.300. The molecule has 0 atom stereocenters. The van der Waals surface area contributed by atoms with Crippen LogP contribution in [-0.2, 0) is 0 Å². The molecule has 0 aromatic heterocycles. The number of carbonyl (C=O) groups is 2. The molecular weight excluding hydrogens is 321 g/mol. The van der Waals surface area contributed by atoms with Gasteiger partial charge in [0, 0.05) is 6.04 Å². The van der Waals surface area contributed by atoms with E-state index < -0.39 is 0 Å². The van der Waals surface area contributed by atoms with Crippen LogP contribution in [0.25, 0.3) is 0 Å². The summed E-state index contributed by atoms with van der Waals surface area (Å²) in [6.07, 6.45) is 2.98. The van der Waals surface area contributed by atoms with Crippen LogP contribution < -0.4 is 4.74 Å². The van der Waals surface area contributed by atoms with Gasteiger partial charge in [-0.2, -0.15) is 0 Å². The second-order valence-corrected chi connectivity index (χ2v) is 6.53. The van der Waals surface area contributed by atoms with Crippen molar-refractivity contribution in [2.45, 2.75) is 37.8 Å². The fourth-order valence-corrected chi connectivity index (χ4v) is 3.67. The SMILES string of the molecule is O=C1c2ccccc2C(=O)N1C1CCC(Oc2ccc(F)cc2)CC1. The zero-order valence-corrected chi connectivity index (χ0v) is 13.7. The van der Waals surface area contributed by atoms with Crippen molar-refractivity contribution in [2.75, 3.05) is 0 Å². The number of rotatable bonds is 3. The number of imide groups is 1. The molecule has 1 fully saturated rings. The topological polar surface area (TPSA) is 46.6 Å². The van der Waals surface area contributed by atoms with E-state index in [1.54, 1.807) is 36.4 Å². The molecule has 0 bridgehead atoms. The van der Waals surface area contributed by atoms with Crippen molar-refractivity contribution in [1.29, 1.82) is 0 Å². The number of nitrogens with zero attached hydrogens (tertiary/aromatic N) is 1. The summed E-state index contributed by atoms with van der Waals surface area (Å²) in [4.78, 5) is 26.5. The summed E-state index contributed by atoms with van der Waals surface area (Å²) >= 11 is 0. The van der Waals surface area contributed by atoms with Gasteiger partial charge in [-0.05, 0) is 62.1 Å². The zero-order chi connectivity index (χ0) is 17.4. The van der Waals surface area contributed by atoms with Gasteiger partial charge in [-0.15, -0.1) is 0 Å². The Morgan fingerprint density at radius 1 is 0.840 bits per heavy atom. The van der Waals surface area contributed by atoms with E-state index in [2.05, 4.69) is 0 Å². The number of benzene rings is 2. The lowest BCUT2D eigenvalue weighted by atomic mass is 9.91. The smallest absolute Gasteiger partial charge is 0.261 e. The van der Waals surface area contributed by atoms with Crippen molar-refractivity contribution in [3.63, 3.8) is 0 Å². The van der Waals surface area contributed by atoms with Crippen LogP contribution in [-0.4, -0.2) is 28.9 Å². The molecule has 0 radical (unpaired) electrons. The van der Waals surface area contributed by atoms with Crippen LogP contribution >= 0.6 is 0 Å². The Bertz CT molecular complexity index is 775. The predicted molar refractivity (Wildman–Crippen MR) is 90.0 cm³/mol. The molecule has 1 aliphatic heterocycles. The Balaban J connectivity index is 1.40. The van der Waals surface area contributed by atoms with Crippen LogP contribution in [0.2, 0.25) is 0 Å². The van der Waals surface area contributed by atoms with Crippen molar-refractivity contribution in [3.8, 4) is 5.75 Å². The molecule has 0 spiro atoms. The van der Waals surface area contributed by atoms with Crippen molar-refractivity contribution < 1.29 is 18.7 Å². The monoisotopic (exact) mass is 339 g/mol. The summed E-state index contributed by atoms with van der Waals surface area (Å²) in [6, 6.07) is 12.9. The molecule has 25 heavy (non-hydrogen) atoms. The second kappa shape index (κ2) is 6.31.